The molecule has 0 radical (unpaired) electrons. The number of hydrogen-bond acceptors (Lipinski definition) is 1. The molecule has 0 bridgehead atoms. The van der Waals surface area contributed by atoms with E-state index in [-0.39, 0.29) is 5.91 Å². The van der Waals surface area contributed by atoms with Crippen LogP contribution in [-0.4, -0.2) is 10.8 Å². The molecule has 0 aromatic heterocycles. The molecule has 4 heteroatoms. The Balaban J connectivity index is 1.78. The zero-order chi connectivity index (χ0) is 19.1. The Bertz CT molecular complexity index is 882. The van der Waals surface area contributed by atoms with Gasteiger partial charge in [-0.3, -0.25) is 4.79 Å². The van der Waals surface area contributed by atoms with Crippen molar-refractivity contribution in [3.05, 3.63) is 112 Å². The third-order valence-electron chi connectivity index (χ3n) is 4.11. The molecule has 0 aliphatic carbocycles. The van der Waals surface area contributed by atoms with Crippen LogP contribution in [0.4, 0.5) is 0 Å². The molecule has 27 heavy (non-hydrogen) atoms. The van der Waals surface area contributed by atoms with Crippen LogP contribution in [0.3, 0.4) is 0 Å². The Morgan fingerprint density at radius 3 is 1.85 bits per heavy atom. The second kappa shape index (κ2) is 9.40. The average Bonchev–Trinajstić information content (AvgIpc) is 2.70. The molecular formula is C23H19Cl2NO. The van der Waals surface area contributed by atoms with Crippen LogP contribution in [0.2, 0.25) is 10.0 Å². The van der Waals surface area contributed by atoms with Crippen molar-refractivity contribution in [3.8, 4) is 0 Å². The van der Waals surface area contributed by atoms with Crippen LogP contribution in [0, 0.1) is 0 Å². The first-order valence-electron chi connectivity index (χ1n) is 8.62. The molecular weight excluding hydrogens is 377 g/mol. The van der Waals surface area contributed by atoms with Gasteiger partial charge in [0, 0.05) is 19.2 Å². The van der Waals surface area contributed by atoms with Crippen molar-refractivity contribution in [1.82, 2.24) is 4.90 Å². The second-order valence-electron chi connectivity index (χ2n) is 6.17. The van der Waals surface area contributed by atoms with E-state index in [0.717, 1.165) is 16.7 Å². The van der Waals surface area contributed by atoms with Crippen molar-refractivity contribution in [3.63, 3.8) is 0 Å². The summed E-state index contributed by atoms with van der Waals surface area (Å²) in [5, 5.41) is 0.964. The molecule has 2 nitrogen and oxygen atoms in total. The molecule has 0 unspecified atom stereocenters. The van der Waals surface area contributed by atoms with E-state index < -0.39 is 0 Å². The Hall–Kier alpha value is -2.55. The summed E-state index contributed by atoms with van der Waals surface area (Å²) in [5.74, 6) is -0.0613. The van der Waals surface area contributed by atoms with E-state index in [9.17, 15) is 4.79 Å². The van der Waals surface area contributed by atoms with Crippen LogP contribution in [0.15, 0.2) is 84.9 Å². The summed E-state index contributed by atoms with van der Waals surface area (Å²) in [7, 11) is 0. The summed E-state index contributed by atoms with van der Waals surface area (Å²) < 4.78 is 0. The van der Waals surface area contributed by atoms with Gasteiger partial charge in [0.1, 0.15) is 0 Å². The minimum absolute atomic E-state index is 0.0613. The zero-order valence-corrected chi connectivity index (χ0v) is 16.2. The first-order valence-corrected chi connectivity index (χ1v) is 9.37. The van der Waals surface area contributed by atoms with E-state index >= 15 is 0 Å². The van der Waals surface area contributed by atoms with Crippen molar-refractivity contribution in [2.45, 2.75) is 13.1 Å². The van der Waals surface area contributed by atoms with Crippen LogP contribution in [0.25, 0.3) is 6.08 Å². The topological polar surface area (TPSA) is 20.3 Å². The highest BCUT2D eigenvalue weighted by atomic mass is 35.5. The Morgan fingerprint density at radius 1 is 0.778 bits per heavy atom. The highest BCUT2D eigenvalue weighted by molar-refractivity contribution is 6.42. The van der Waals surface area contributed by atoms with Gasteiger partial charge < -0.3 is 4.90 Å². The van der Waals surface area contributed by atoms with Crippen molar-refractivity contribution in [2.75, 3.05) is 0 Å². The van der Waals surface area contributed by atoms with Gasteiger partial charge >= 0.3 is 0 Å². The summed E-state index contributed by atoms with van der Waals surface area (Å²) in [6.07, 6.45) is 3.33. The first-order chi connectivity index (χ1) is 13.1. The van der Waals surface area contributed by atoms with Crippen molar-refractivity contribution in [2.24, 2.45) is 0 Å². The third kappa shape index (κ3) is 5.72. The fourth-order valence-electron chi connectivity index (χ4n) is 2.71. The van der Waals surface area contributed by atoms with Crippen LogP contribution < -0.4 is 0 Å². The number of carbonyl (C=O) groups is 1. The molecule has 0 atom stereocenters. The van der Waals surface area contributed by atoms with E-state index in [4.69, 9.17) is 23.2 Å². The summed E-state index contributed by atoms with van der Waals surface area (Å²) in [6, 6.07) is 25.2. The predicted molar refractivity (Wildman–Crippen MR) is 113 cm³/mol. The molecule has 0 saturated heterocycles. The number of hydrogen-bond donors (Lipinski definition) is 0. The Morgan fingerprint density at radius 2 is 1.33 bits per heavy atom. The third-order valence-corrected chi connectivity index (χ3v) is 4.85. The maximum Gasteiger partial charge on any atom is 0.247 e. The lowest BCUT2D eigenvalue weighted by Crippen LogP contribution is -2.28. The first kappa shape index (κ1) is 19.2. The highest BCUT2D eigenvalue weighted by Gasteiger charge is 2.12. The fraction of sp³-hybridized carbons (Fsp3) is 0.0870. The van der Waals surface area contributed by atoms with E-state index in [1.54, 1.807) is 24.3 Å². The van der Waals surface area contributed by atoms with Gasteiger partial charge in [0.2, 0.25) is 5.91 Å². The van der Waals surface area contributed by atoms with Crippen LogP contribution >= 0.6 is 23.2 Å². The molecule has 0 aliphatic rings. The monoisotopic (exact) mass is 395 g/mol. The lowest BCUT2D eigenvalue weighted by molar-refractivity contribution is -0.127. The minimum atomic E-state index is -0.0613. The van der Waals surface area contributed by atoms with Crippen molar-refractivity contribution < 1.29 is 4.79 Å². The van der Waals surface area contributed by atoms with E-state index in [2.05, 4.69) is 0 Å². The van der Waals surface area contributed by atoms with Gasteiger partial charge in [-0.25, -0.2) is 0 Å². The van der Waals surface area contributed by atoms with Gasteiger partial charge in [-0.2, -0.15) is 0 Å². The molecule has 1 amide bonds. The van der Waals surface area contributed by atoms with Crippen molar-refractivity contribution >= 4 is 35.2 Å². The molecule has 0 heterocycles. The molecule has 0 saturated carbocycles. The van der Waals surface area contributed by atoms with Gasteiger partial charge in [0.05, 0.1) is 10.0 Å². The number of amides is 1. The van der Waals surface area contributed by atoms with E-state index in [1.807, 2.05) is 71.6 Å². The zero-order valence-electron chi connectivity index (χ0n) is 14.7. The minimum Gasteiger partial charge on any atom is -0.331 e. The standard InChI is InChI=1S/C23H19Cl2NO/c24-21-13-11-18(15-22(21)25)12-14-23(27)26(16-19-7-3-1-4-8-19)17-20-9-5-2-6-10-20/h1-15H,16-17H2/b14-12+. The van der Waals surface area contributed by atoms with Gasteiger partial charge in [0.25, 0.3) is 0 Å². The number of halogens is 2. The van der Waals surface area contributed by atoms with Gasteiger partial charge in [0.15, 0.2) is 0 Å². The quantitative estimate of drug-likeness (QED) is 0.452. The number of benzene rings is 3. The molecule has 0 N–H and O–H groups in total. The average molecular weight is 396 g/mol. The lowest BCUT2D eigenvalue weighted by Gasteiger charge is -2.21. The Kier molecular flexibility index (Phi) is 6.69. The van der Waals surface area contributed by atoms with Gasteiger partial charge in [-0.15, -0.1) is 0 Å². The molecule has 3 aromatic rings. The summed E-state index contributed by atoms with van der Waals surface area (Å²) in [6.45, 7) is 1.08. The van der Waals surface area contributed by atoms with E-state index in [1.165, 1.54) is 0 Å². The molecule has 3 aromatic carbocycles. The fourth-order valence-corrected chi connectivity index (χ4v) is 3.01. The van der Waals surface area contributed by atoms with Crippen LogP contribution in [0.1, 0.15) is 16.7 Å². The molecule has 0 spiro atoms. The maximum absolute atomic E-state index is 12.9. The molecule has 3 rings (SSSR count). The van der Waals surface area contributed by atoms with Gasteiger partial charge in [-0.1, -0.05) is 89.9 Å². The van der Waals surface area contributed by atoms with Crippen LogP contribution in [0.5, 0.6) is 0 Å². The number of nitrogens with zero attached hydrogens (tertiary/aromatic N) is 1. The van der Waals surface area contributed by atoms with Crippen LogP contribution in [-0.2, 0) is 17.9 Å². The smallest absolute Gasteiger partial charge is 0.247 e. The normalized spacial score (nSPS) is 10.9. The summed E-state index contributed by atoms with van der Waals surface area (Å²) in [4.78, 5) is 14.7. The molecule has 0 fully saturated rings. The maximum atomic E-state index is 12.9. The SMILES string of the molecule is O=C(/C=C/c1ccc(Cl)c(Cl)c1)N(Cc1ccccc1)Cc1ccccc1. The van der Waals surface area contributed by atoms with Crippen molar-refractivity contribution in [1.29, 1.82) is 0 Å². The lowest BCUT2D eigenvalue weighted by atomic mass is 10.1. The number of carbonyl (C=O) groups excluding carboxylic acids is 1. The summed E-state index contributed by atoms with van der Waals surface area (Å²) >= 11 is 12.0. The largest absolute Gasteiger partial charge is 0.331 e. The Labute approximate surface area is 169 Å². The van der Waals surface area contributed by atoms with Gasteiger partial charge in [-0.05, 0) is 34.9 Å². The highest BCUT2D eigenvalue weighted by Crippen LogP contribution is 2.23. The molecule has 0 aliphatic heterocycles. The predicted octanol–water partition coefficient (Wildman–Crippen LogP) is 6.24. The van der Waals surface area contributed by atoms with E-state index in [0.29, 0.717) is 23.1 Å². The summed E-state index contributed by atoms with van der Waals surface area (Å²) in [5.41, 5.74) is 3.01. The number of rotatable bonds is 6. The second-order valence-corrected chi connectivity index (χ2v) is 6.99. The molecule has 136 valence electrons.